The van der Waals surface area contributed by atoms with E-state index in [-0.39, 0.29) is 11.1 Å². The summed E-state index contributed by atoms with van der Waals surface area (Å²) in [6.45, 7) is 0. The second-order valence-corrected chi connectivity index (χ2v) is 6.52. The highest BCUT2D eigenvalue weighted by molar-refractivity contribution is 6.30. The van der Waals surface area contributed by atoms with Crippen LogP contribution in [0.15, 0.2) is 54.6 Å². The Bertz CT molecular complexity index is 1070. The summed E-state index contributed by atoms with van der Waals surface area (Å²) in [5.74, 6) is -6.04. The largest absolute Gasteiger partial charge is 0.573 e. The van der Waals surface area contributed by atoms with Crippen molar-refractivity contribution in [2.24, 2.45) is 0 Å². The molecule has 2 nitrogen and oxygen atoms in total. The second kappa shape index (κ2) is 8.26. The van der Waals surface area contributed by atoms with Gasteiger partial charge < -0.3 is 9.47 Å². The molecule has 0 radical (unpaired) electrons. The van der Waals surface area contributed by atoms with Crippen molar-refractivity contribution >= 4 is 11.6 Å². The first-order valence-corrected chi connectivity index (χ1v) is 8.61. The van der Waals surface area contributed by atoms with Gasteiger partial charge in [0.2, 0.25) is 0 Å². The highest BCUT2D eigenvalue weighted by Crippen LogP contribution is 2.37. The zero-order valence-electron chi connectivity index (χ0n) is 14.9. The zero-order valence-corrected chi connectivity index (χ0v) is 15.7. The average molecular weight is 469 g/mol. The summed E-state index contributed by atoms with van der Waals surface area (Å²) in [5, 5.41) is -0.419. The maximum atomic E-state index is 14.3. The van der Waals surface area contributed by atoms with Crippen LogP contribution in [0.4, 0.5) is 35.1 Å². The lowest BCUT2D eigenvalue weighted by molar-refractivity contribution is -0.275. The molecule has 0 aliphatic heterocycles. The standard InChI is InChI=1S/C20H9ClF8O2/c21-12-8-15(23)18(16(24)9-12)19(25,26)30-13-4-1-10(2-5-13)11-3-6-17(14(22)7-11)31-20(27,28)29/h1-9H. The Hall–Kier alpha value is -3.01. The molecule has 0 aliphatic rings. The molecule has 164 valence electrons. The molecule has 0 saturated carbocycles. The molecule has 0 bridgehead atoms. The van der Waals surface area contributed by atoms with Crippen LogP contribution in [0.2, 0.25) is 5.02 Å². The SMILES string of the molecule is Fc1cc(-c2ccc(OC(F)(F)c3c(F)cc(Cl)cc3F)cc2)ccc1OC(F)(F)F. The molecule has 31 heavy (non-hydrogen) atoms. The van der Waals surface area contributed by atoms with Crippen LogP contribution in [0.5, 0.6) is 11.5 Å². The van der Waals surface area contributed by atoms with E-state index < -0.39 is 52.0 Å². The molecule has 0 N–H and O–H groups in total. The third-order valence-corrected chi connectivity index (χ3v) is 4.11. The molecule has 0 spiro atoms. The van der Waals surface area contributed by atoms with Gasteiger partial charge in [0.25, 0.3) is 0 Å². The van der Waals surface area contributed by atoms with Crippen LogP contribution in [-0.2, 0) is 6.11 Å². The van der Waals surface area contributed by atoms with Crippen LogP contribution in [0.25, 0.3) is 11.1 Å². The van der Waals surface area contributed by atoms with Gasteiger partial charge in [-0.2, -0.15) is 8.78 Å². The molecule has 0 heterocycles. The molecular weight excluding hydrogens is 460 g/mol. The molecule has 3 aromatic carbocycles. The minimum atomic E-state index is -5.07. The van der Waals surface area contributed by atoms with Crippen LogP contribution in [0, 0.1) is 17.5 Å². The van der Waals surface area contributed by atoms with Crippen LogP contribution in [0.1, 0.15) is 5.56 Å². The molecular formula is C20H9ClF8O2. The third kappa shape index (κ3) is 5.38. The van der Waals surface area contributed by atoms with E-state index in [0.29, 0.717) is 12.1 Å². The minimum absolute atomic E-state index is 0.111. The smallest absolute Gasteiger partial charge is 0.429 e. The van der Waals surface area contributed by atoms with E-state index in [9.17, 15) is 35.1 Å². The molecule has 3 aromatic rings. The maximum absolute atomic E-state index is 14.3. The normalized spacial score (nSPS) is 12.0. The summed E-state index contributed by atoms with van der Waals surface area (Å²) in [6.07, 6.45) is -9.46. The van der Waals surface area contributed by atoms with Gasteiger partial charge in [0.15, 0.2) is 11.6 Å². The summed E-state index contributed by atoms with van der Waals surface area (Å²) in [6, 6.07) is 8.03. The van der Waals surface area contributed by atoms with Gasteiger partial charge in [-0.3, -0.25) is 0 Å². The van der Waals surface area contributed by atoms with Crippen LogP contribution >= 0.6 is 11.6 Å². The average Bonchev–Trinajstić information content (AvgIpc) is 2.61. The predicted molar refractivity (Wildman–Crippen MR) is 94.4 cm³/mol. The predicted octanol–water partition coefficient (Wildman–Crippen LogP) is 7.45. The molecule has 3 rings (SSSR count). The van der Waals surface area contributed by atoms with Crippen molar-refractivity contribution in [1.29, 1.82) is 0 Å². The number of halogens is 9. The Kier molecular flexibility index (Phi) is 6.04. The molecule has 0 amide bonds. The van der Waals surface area contributed by atoms with Crippen molar-refractivity contribution in [3.63, 3.8) is 0 Å². The Morgan fingerprint density at radius 3 is 1.71 bits per heavy atom. The van der Waals surface area contributed by atoms with Crippen LogP contribution in [0.3, 0.4) is 0 Å². The highest BCUT2D eigenvalue weighted by atomic mass is 35.5. The number of alkyl halides is 5. The van der Waals surface area contributed by atoms with Gasteiger partial charge in [0, 0.05) is 5.02 Å². The van der Waals surface area contributed by atoms with E-state index in [1.54, 1.807) is 0 Å². The topological polar surface area (TPSA) is 18.5 Å². The first-order valence-electron chi connectivity index (χ1n) is 8.23. The van der Waals surface area contributed by atoms with Crippen molar-refractivity contribution in [3.8, 4) is 22.6 Å². The number of hydrogen-bond acceptors (Lipinski definition) is 2. The van der Waals surface area contributed by atoms with Gasteiger partial charge in [-0.15, -0.1) is 13.2 Å². The van der Waals surface area contributed by atoms with Gasteiger partial charge in [0.05, 0.1) is 0 Å². The Morgan fingerprint density at radius 1 is 0.645 bits per heavy atom. The first kappa shape index (κ1) is 22.7. The van der Waals surface area contributed by atoms with E-state index in [0.717, 1.165) is 30.3 Å². The van der Waals surface area contributed by atoms with Crippen molar-refractivity contribution in [3.05, 3.63) is 82.6 Å². The van der Waals surface area contributed by atoms with Gasteiger partial charge in [-0.25, -0.2) is 13.2 Å². The lowest BCUT2D eigenvalue weighted by atomic mass is 10.1. The monoisotopic (exact) mass is 468 g/mol. The van der Waals surface area contributed by atoms with E-state index in [1.165, 1.54) is 12.1 Å². The van der Waals surface area contributed by atoms with Crippen molar-refractivity contribution in [2.75, 3.05) is 0 Å². The fraction of sp³-hybridized carbons (Fsp3) is 0.100. The minimum Gasteiger partial charge on any atom is -0.429 e. The van der Waals surface area contributed by atoms with Crippen LogP contribution in [-0.4, -0.2) is 6.36 Å². The first-order chi connectivity index (χ1) is 14.4. The second-order valence-electron chi connectivity index (χ2n) is 6.08. The molecule has 0 unspecified atom stereocenters. The maximum Gasteiger partial charge on any atom is 0.573 e. The van der Waals surface area contributed by atoms with E-state index in [2.05, 4.69) is 9.47 Å². The Balaban J connectivity index is 1.81. The quantitative estimate of drug-likeness (QED) is 0.362. The molecule has 11 heteroatoms. The van der Waals surface area contributed by atoms with Crippen molar-refractivity contribution < 1.29 is 44.6 Å². The van der Waals surface area contributed by atoms with Crippen molar-refractivity contribution in [2.45, 2.75) is 12.5 Å². The Labute approximate surface area is 174 Å². The zero-order chi connectivity index (χ0) is 23.0. The number of ether oxygens (including phenoxy) is 2. The molecule has 0 fully saturated rings. The van der Waals surface area contributed by atoms with E-state index >= 15 is 0 Å². The summed E-state index contributed by atoms with van der Waals surface area (Å²) >= 11 is 5.40. The summed E-state index contributed by atoms with van der Waals surface area (Å²) < 4.78 is 114. The molecule has 0 atom stereocenters. The number of rotatable bonds is 5. The van der Waals surface area contributed by atoms with E-state index in [1.807, 2.05) is 0 Å². The van der Waals surface area contributed by atoms with E-state index in [4.69, 9.17) is 11.6 Å². The van der Waals surface area contributed by atoms with Crippen LogP contribution < -0.4 is 9.47 Å². The lowest BCUT2D eigenvalue weighted by Crippen LogP contribution is -2.25. The number of hydrogen-bond donors (Lipinski definition) is 0. The van der Waals surface area contributed by atoms with Gasteiger partial charge >= 0.3 is 12.5 Å². The highest BCUT2D eigenvalue weighted by Gasteiger charge is 2.41. The summed E-state index contributed by atoms with van der Waals surface area (Å²) in [7, 11) is 0. The molecule has 0 aliphatic carbocycles. The molecule has 0 aromatic heterocycles. The van der Waals surface area contributed by atoms with Gasteiger partial charge in [0.1, 0.15) is 22.9 Å². The lowest BCUT2D eigenvalue weighted by Gasteiger charge is -2.19. The van der Waals surface area contributed by atoms with Gasteiger partial charge in [-0.05, 0) is 47.5 Å². The van der Waals surface area contributed by atoms with Gasteiger partial charge in [-0.1, -0.05) is 29.8 Å². The number of benzene rings is 3. The fourth-order valence-electron chi connectivity index (χ4n) is 2.62. The Morgan fingerprint density at radius 2 is 1.19 bits per heavy atom. The summed E-state index contributed by atoms with van der Waals surface area (Å²) in [5.41, 5.74) is -1.29. The molecule has 0 saturated heterocycles. The third-order valence-electron chi connectivity index (χ3n) is 3.89. The summed E-state index contributed by atoms with van der Waals surface area (Å²) in [4.78, 5) is 0. The fourth-order valence-corrected chi connectivity index (χ4v) is 2.81. The van der Waals surface area contributed by atoms with Crippen molar-refractivity contribution in [1.82, 2.24) is 0 Å².